The van der Waals surface area contributed by atoms with Crippen LogP contribution in [0.4, 0.5) is 4.39 Å². The number of nitrogens with one attached hydrogen (secondary N) is 2. The first-order chi connectivity index (χ1) is 10.5. The molecule has 21 heavy (non-hydrogen) atoms. The van der Waals surface area contributed by atoms with Crippen molar-refractivity contribution >= 4 is 30.7 Å². The van der Waals surface area contributed by atoms with Crippen LogP contribution < -0.4 is 10.6 Å². The topological polar surface area (TPSA) is 95.5 Å². The summed E-state index contributed by atoms with van der Waals surface area (Å²) >= 11 is 0. The van der Waals surface area contributed by atoms with Gasteiger partial charge in [0.05, 0.1) is 21.2 Å². The van der Waals surface area contributed by atoms with Gasteiger partial charge in [0.2, 0.25) is 11.8 Å². The van der Waals surface area contributed by atoms with Crippen LogP contribution in [0.25, 0.3) is 0 Å². The van der Waals surface area contributed by atoms with Gasteiger partial charge in [0.1, 0.15) is 10.8 Å². The molecule has 0 unspecified atom stereocenters. The van der Waals surface area contributed by atoms with Gasteiger partial charge in [0, 0.05) is 20.3 Å². The zero-order chi connectivity index (χ0) is 17.4. The van der Waals surface area contributed by atoms with Crippen molar-refractivity contribution in [3.8, 4) is 0 Å². The lowest BCUT2D eigenvalue weighted by molar-refractivity contribution is -0.120. The second-order valence-corrected chi connectivity index (χ2v) is 4.54. The van der Waals surface area contributed by atoms with Gasteiger partial charge in [-0.2, -0.15) is 0 Å². The quantitative estimate of drug-likeness (QED) is 0.617. The van der Waals surface area contributed by atoms with E-state index in [1.54, 1.807) is 0 Å². The number of alkyl halides is 1. The molecule has 0 radical (unpaired) electrons. The van der Waals surface area contributed by atoms with Crippen molar-refractivity contribution in [2.45, 2.75) is 52.1 Å². The summed E-state index contributed by atoms with van der Waals surface area (Å²) in [5.41, 5.74) is 0. The minimum Gasteiger partial charge on any atom is -0.394 e. The van der Waals surface area contributed by atoms with Crippen LogP contribution in [-0.2, 0) is 20.4 Å². The number of carbonyl (C=O) groups is 2. The van der Waals surface area contributed by atoms with Crippen LogP contribution in [0, 0.1) is 0 Å². The lowest BCUT2D eigenvalue weighted by Gasteiger charge is -2.01. The highest BCUT2D eigenvalue weighted by Crippen LogP contribution is 2.04. The molecule has 0 bridgehead atoms. The molecule has 2 fully saturated rings. The highest BCUT2D eigenvalue weighted by atomic mass is 32.4. The van der Waals surface area contributed by atoms with Crippen molar-refractivity contribution in [3.05, 3.63) is 0 Å². The smallest absolute Gasteiger partial charge is 0.220 e. The van der Waals surface area contributed by atoms with Crippen molar-refractivity contribution in [2.24, 2.45) is 0 Å². The Hall–Kier alpha value is -0.850. The molecule has 6 nitrogen and oxygen atoms in total. The third-order valence-corrected chi connectivity index (χ3v) is 2.39. The number of rotatable bonds is 1. The standard InChI is InChI=1S/C5H9NO2.C5H9NO.CH3F.CH4.HOPS/c7-3-4-1-2-5(8)6-4;1-4-2-3-5(7)6-4;1-2;;1-3-2/h4,7H,1-3H2,(H,6,8);4H,2-3H2,1H3,(H,6,7);1H3;1H4;2H/t2*4-;;;/m01.../s1/i;1T;1D;;. The molecule has 2 aliphatic rings. The third kappa shape index (κ3) is 15.4. The minimum absolute atomic E-state index is 0. The molecule has 0 aromatic carbocycles. The van der Waals surface area contributed by atoms with Crippen LogP contribution in [-0.4, -0.2) is 47.0 Å². The largest absolute Gasteiger partial charge is 0.394 e. The van der Waals surface area contributed by atoms with Gasteiger partial charge in [-0.3, -0.25) is 14.0 Å². The fourth-order valence-corrected chi connectivity index (χ4v) is 1.49. The summed E-state index contributed by atoms with van der Waals surface area (Å²) in [5.74, 6) is 0.159. The van der Waals surface area contributed by atoms with Crippen LogP contribution >= 0.6 is 8.02 Å². The number of aliphatic hydroxyl groups is 1. The molecule has 0 aromatic rings. The van der Waals surface area contributed by atoms with Crippen molar-refractivity contribution in [3.63, 3.8) is 0 Å². The van der Waals surface area contributed by atoms with E-state index in [4.69, 9.17) is 12.1 Å². The molecule has 126 valence electrons. The highest BCUT2D eigenvalue weighted by molar-refractivity contribution is 7.93. The molecule has 0 aliphatic carbocycles. The van der Waals surface area contributed by atoms with E-state index in [9.17, 15) is 14.0 Å². The van der Waals surface area contributed by atoms with Gasteiger partial charge in [0.15, 0.2) is 0 Å². The van der Waals surface area contributed by atoms with Gasteiger partial charge in [-0.05, 0) is 27.8 Å². The Morgan fingerprint density at radius 1 is 1.48 bits per heavy atom. The number of carbonyl (C=O) groups excluding carboxylic acids is 2. The summed E-state index contributed by atoms with van der Waals surface area (Å²) in [5, 5.41) is 13.8. The molecular weight excluding hydrogens is 318 g/mol. The zero-order valence-corrected chi connectivity index (χ0v) is 12.9. The molecule has 0 aromatic heterocycles. The van der Waals surface area contributed by atoms with Crippen LogP contribution in [0.15, 0.2) is 0 Å². The Morgan fingerprint density at radius 3 is 2.14 bits per heavy atom. The molecule has 2 amide bonds. The lowest BCUT2D eigenvalue weighted by Crippen LogP contribution is -2.28. The monoisotopic (exact) mass is 347 g/mol. The summed E-state index contributed by atoms with van der Waals surface area (Å²) in [7, 11) is 1.85. The van der Waals surface area contributed by atoms with Gasteiger partial charge < -0.3 is 15.7 Å². The maximum atomic E-state index is 10.4. The van der Waals surface area contributed by atoms with E-state index in [1.807, 2.05) is 0 Å². The number of aliphatic hydroxyl groups excluding tert-OH is 1. The van der Waals surface area contributed by atoms with Gasteiger partial charge in [0.25, 0.3) is 0 Å². The van der Waals surface area contributed by atoms with E-state index in [2.05, 4.69) is 18.6 Å². The van der Waals surface area contributed by atoms with Gasteiger partial charge in [-0.25, -0.2) is 4.21 Å². The Morgan fingerprint density at radius 2 is 1.95 bits per heavy atom. The predicted octanol–water partition coefficient (Wildman–Crippen LogP) is 1.02. The van der Waals surface area contributed by atoms with E-state index >= 15 is 0 Å². The summed E-state index contributed by atoms with van der Waals surface area (Å²) < 4.78 is 31.1. The SMILES string of the molecule is C.O=C1CC[C@@H](CO)N1.O=S=P.[2H]CF.[3H]C[C@@H]1CCC(=O)N1. The summed E-state index contributed by atoms with van der Waals surface area (Å²) in [6, 6.07) is 0.171. The van der Waals surface area contributed by atoms with E-state index in [0.717, 1.165) is 12.8 Å². The van der Waals surface area contributed by atoms with Crippen LogP contribution in [0.1, 0.15) is 42.8 Å². The molecule has 2 heterocycles. The van der Waals surface area contributed by atoms with Crippen LogP contribution in [0.3, 0.4) is 0 Å². The molecule has 9 heteroatoms. The van der Waals surface area contributed by atoms with Crippen LogP contribution in [0.2, 0.25) is 0 Å². The Balaban J connectivity index is -0.000000253. The Labute approximate surface area is 134 Å². The summed E-state index contributed by atoms with van der Waals surface area (Å²) in [6.45, 7) is 0.400. The van der Waals surface area contributed by atoms with Gasteiger partial charge in [-0.1, -0.05) is 7.43 Å². The van der Waals surface area contributed by atoms with Gasteiger partial charge >= 0.3 is 0 Å². The summed E-state index contributed by atoms with van der Waals surface area (Å²) in [4.78, 5) is 20.8. The molecule has 2 atom stereocenters. The van der Waals surface area contributed by atoms with Crippen LogP contribution in [0.5, 0.6) is 0 Å². The Bertz CT molecular complexity index is 338. The first kappa shape index (κ1) is 20.1. The Kier molecular flexibility index (Phi) is 16.5. The fourth-order valence-electron chi connectivity index (χ4n) is 1.49. The molecular formula is C12H26FN2O4PS. The molecule has 0 spiro atoms. The molecule has 2 saturated heterocycles. The van der Waals surface area contributed by atoms with Gasteiger partial charge in [-0.15, -0.1) is 0 Å². The molecule has 0 saturated carbocycles. The minimum atomic E-state index is -1.00. The first-order valence-electron chi connectivity index (χ1n) is 7.19. The number of halogens is 1. The van der Waals surface area contributed by atoms with Crippen molar-refractivity contribution in [2.75, 3.05) is 13.8 Å². The summed E-state index contributed by atoms with van der Waals surface area (Å²) in [6.07, 6.45) is 2.83. The maximum Gasteiger partial charge on any atom is 0.220 e. The number of amides is 2. The average Bonchev–Trinajstić information content (AvgIpc) is 3.09. The molecule has 2 rings (SSSR count). The van der Waals surface area contributed by atoms with E-state index in [0.29, 0.717) is 30.6 Å². The maximum absolute atomic E-state index is 10.4. The second kappa shape index (κ2) is 17.2. The van der Waals surface area contributed by atoms with E-state index in [1.165, 1.54) is 0 Å². The lowest BCUT2D eigenvalue weighted by atomic mass is 10.2. The van der Waals surface area contributed by atoms with Crippen molar-refractivity contribution < 1.29 is 26.0 Å². The fraction of sp³-hybridized carbons (Fsp3) is 0.833. The van der Waals surface area contributed by atoms with Crippen molar-refractivity contribution in [1.29, 1.82) is 0 Å². The van der Waals surface area contributed by atoms with E-state index < -0.39 is 7.15 Å². The third-order valence-electron chi connectivity index (χ3n) is 2.39. The number of hydrogen-bond acceptors (Lipinski definition) is 4. The molecule has 2 aliphatic heterocycles. The molecule has 3 N–H and O–H groups in total. The zero-order valence-electron chi connectivity index (χ0n) is 13.1. The van der Waals surface area contributed by atoms with Crippen molar-refractivity contribution in [1.82, 2.24) is 10.6 Å². The average molecular weight is 347 g/mol. The normalized spacial score (nSPS) is 23.0. The highest BCUT2D eigenvalue weighted by Gasteiger charge is 2.18. The second-order valence-electron chi connectivity index (χ2n) is 3.87. The number of hydrogen-bond donors (Lipinski definition) is 3. The van der Waals surface area contributed by atoms with E-state index in [-0.39, 0.29) is 37.9 Å². The first-order valence-corrected chi connectivity index (χ1v) is 7.75. The predicted molar refractivity (Wildman–Crippen MR) is 85.3 cm³/mol.